The van der Waals surface area contributed by atoms with Crippen molar-refractivity contribution in [3.63, 3.8) is 0 Å². The van der Waals surface area contributed by atoms with Crippen LogP contribution >= 0.6 is 0 Å². The number of carbonyl (C=O) groups is 2. The van der Waals surface area contributed by atoms with Crippen molar-refractivity contribution in [3.05, 3.63) is 48.3 Å². The molecular formula is C23H28N6O5S. The van der Waals surface area contributed by atoms with Crippen molar-refractivity contribution in [3.8, 4) is 0 Å². The molecule has 2 heterocycles. The van der Waals surface area contributed by atoms with Gasteiger partial charge in [-0.3, -0.25) is 15.6 Å². The Kier molecular flexibility index (Phi) is 7.20. The molecule has 2 amide bonds. The summed E-state index contributed by atoms with van der Waals surface area (Å²) in [7, 11) is -3.81. The number of benzene rings is 1. The topological polar surface area (TPSA) is 155 Å². The molecule has 0 bridgehead atoms. The van der Waals surface area contributed by atoms with Crippen molar-refractivity contribution in [2.45, 2.75) is 43.9 Å². The lowest BCUT2D eigenvalue weighted by Gasteiger charge is -2.28. The Morgan fingerprint density at radius 2 is 1.77 bits per heavy atom. The molecule has 1 aliphatic rings. The maximum absolute atomic E-state index is 13.0. The Morgan fingerprint density at radius 1 is 1.09 bits per heavy atom. The summed E-state index contributed by atoms with van der Waals surface area (Å²) in [6.07, 6.45) is 5.62. The summed E-state index contributed by atoms with van der Waals surface area (Å²) in [4.78, 5) is 31.7. The SMILES string of the molecule is Cc1ccc(S(=O)(=O)n2ccc3nc(NNC(=O)C[C@H]4CC[C@H](CNC(=O)O)CC4)cnc32)cc1. The molecule has 0 atom stereocenters. The highest BCUT2D eigenvalue weighted by Crippen LogP contribution is 2.30. The second kappa shape index (κ2) is 10.3. The molecule has 0 spiro atoms. The van der Waals surface area contributed by atoms with Gasteiger partial charge in [0.05, 0.1) is 11.1 Å². The van der Waals surface area contributed by atoms with Crippen LogP contribution in [0.25, 0.3) is 11.2 Å². The molecule has 1 aromatic carbocycles. The number of rotatable bonds is 8. The van der Waals surface area contributed by atoms with Gasteiger partial charge in [-0.15, -0.1) is 0 Å². The summed E-state index contributed by atoms with van der Waals surface area (Å²) >= 11 is 0. The van der Waals surface area contributed by atoms with Gasteiger partial charge in [0.25, 0.3) is 10.0 Å². The van der Waals surface area contributed by atoms with Gasteiger partial charge in [-0.25, -0.2) is 27.2 Å². The molecular weight excluding hydrogens is 472 g/mol. The van der Waals surface area contributed by atoms with Gasteiger partial charge in [-0.05, 0) is 62.6 Å². The van der Waals surface area contributed by atoms with Crippen LogP contribution in [0.2, 0.25) is 0 Å². The molecule has 0 aliphatic heterocycles. The number of fused-ring (bicyclic) bond motifs is 1. The Morgan fingerprint density at radius 3 is 2.46 bits per heavy atom. The number of aryl methyl sites for hydroxylation is 1. The smallest absolute Gasteiger partial charge is 0.404 e. The van der Waals surface area contributed by atoms with E-state index in [-0.39, 0.29) is 22.4 Å². The first kappa shape index (κ1) is 24.5. The Hall–Kier alpha value is -3.67. The molecule has 0 radical (unpaired) electrons. The fourth-order valence-corrected chi connectivity index (χ4v) is 5.58. The molecule has 1 fully saturated rings. The highest BCUT2D eigenvalue weighted by molar-refractivity contribution is 7.90. The van der Waals surface area contributed by atoms with Crippen LogP contribution in [0.4, 0.5) is 10.6 Å². The molecule has 1 aliphatic carbocycles. The summed E-state index contributed by atoms with van der Waals surface area (Å²) in [5, 5.41) is 11.1. The Labute approximate surface area is 203 Å². The number of carbonyl (C=O) groups excluding carboxylic acids is 1. The third-order valence-corrected chi connectivity index (χ3v) is 7.93. The van der Waals surface area contributed by atoms with Crippen molar-refractivity contribution >= 4 is 39.0 Å². The van der Waals surface area contributed by atoms with Crippen molar-refractivity contribution in [2.75, 3.05) is 12.0 Å². The molecule has 1 saturated carbocycles. The molecule has 0 unspecified atom stereocenters. The van der Waals surface area contributed by atoms with Crippen molar-refractivity contribution < 1.29 is 23.1 Å². The van der Waals surface area contributed by atoms with Crippen LogP contribution in [-0.2, 0) is 14.8 Å². The van der Waals surface area contributed by atoms with Crippen LogP contribution in [0, 0.1) is 18.8 Å². The molecule has 35 heavy (non-hydrogen) atoms. The number of nitrogens with one attached hydrogen (secondary N) is 3. The zero-order valence-electron chi connectivity index (χ0n) is 19.3. The molecule has 2 aromatic heterocycles. The minimum atomic E-state index is -3.81. The fraction of sp³-hybridized carbons (Fsp3) is 0.391. The van der Waals surface area contributed by atoms with Crippen molar-refractivity contribution in [1.82, 2.24) is 24.7 Å². The predicted octanol–water partition coefficient (Wildman–Crippen LogP) is 2.88. The summed E-state index contributed by atoms with van der Waals surface area (Å²) in [6.45, 7) is 2.33. The highest BCUT2D eigenvalue weighted by Gasteiger charge is 2.24. The zero-order chi connectivity index (χ0) is 25.0. The monoisotopic (exact) mass is 500 g/mol. The average molecular weight is 501 g/mol. The van der Waals surface area contributed by atoms with Crippen LogP contribution in [-0.4, -0.2) is 46.0 Å². The van der Waals surface area contributed by atoms with E-state index >= 15 is 0 Å². The molecule has 186 valence electrons. The van der Waals surface area contributed by atoms with Crippen LogP contribution < -0.4 is 16.2 Å². The second-order valence-electron chi connectivity index (χ2n) is 8.84. The lowest BCUT2D eigenvalue weighted by atomic mass is 9.80. The van der Waals surface area contributed by atoms with E-state index in [2.05, 4.69) is 26.1 Å². The van der Waals surface area contributed by atoms with E-state index in [1.54, 1.807) is 30.3 Å². The lowest BCUT2D eigenvalue weighted by Crippen LogP contribution is -2.33. The first-order chi connectivity index (χ1) is 16.7. The number of carboxylic acid groups (broad SMARTS) is 1. The molecule has 4 rings (SSSR count). The predicted molar refractivity (Wildman–Crippen MR) is 129 cm³/mol. The van der Waals surface area contributed by atoms with Crippen molar-refractivity contribution in [2.24, 2.45) is 11.8 Å². The highest BCUT2D eigenvalue weighted by atomic mass is 32.2. The molecule has 4 N–H and O–H groups in total. The fourth-order valence-electron chi connectivity index (χ4n) is 4.28. The maximum Gasteiger partial charge on any atom is 0.404 e. The number of hydrogen-bond donors (Lipinski definition) is 4. The summed E-state index contributed by atoms with van der Waals surface area (Å²) < 4.78 is 27.1. The standard InChI is InChI=1S/C23H28N6O5S/c1-15-2-8-18(9-3-15)35(33,34)29-11-10-19-22(29)24-14-20(26-19)27-28-21(30)12-16-4-6-17(7-5-16)13-25-23(31)32/h2-3,8-11,14,16-17,25H,4-7,12-13H2,1H3,(H,26,27)(H,28,30)(H,31,32)/t16-,17-. The zero-order valence-corrected chi connectivity index (χ0v) is 20.1. The minimum absolute atomic E-state index is 0.157. The number of anilines is 1. The number of hydrazine groups is 1. The van der Waals surface area contributed by atoms with Crippen LogP contribution in [0.15, 0.2) is 47.6 Å². The van der Waals surface area contributed by atoms with E-state index in [1.165, 1.54) is 12.4 Å². The van der Waals surface area contributed by atoms with Gasteiger partial charge in [-0.2, -0.15) is 0 Å². The third kappa shape index (κ3) is 5.88. The van der Waals surface area contributed by atoms with Gasteiger partial charge >= 0.3 is 6.09 Å². The first-order valence-corrected chi connectivity index (χ1v) is 12.8. The van der Waals surface area contributed by atoms with Crippen molar-refractivity contribution in [1.29, 1.82) is 0 Å². The van der Waals surface area contributed by atoms with Gasteiger partial charge < -0.3 is 10.4 Å². The maximum atomic E-state index is 13.0. The van der Waals surface area contributed by atoms with Gasteiger partial charge in [0.2, 0.25) is 5.91 Å². The van der Waals surface area contributed by atoms with Crippen LogP contribution in [0.3, 0.4) is 0 Å². The number of aromatic nitrogens is 3. The normalized spacial score (nSPS) is 18.2. The van der Waals surface area contributed by atoms with E-state index in [9.17, 15) is 18.0 Å². The summed E-state index contributed by atoms with van der Waals surface area (Å²) in [5.74, 6) is 0.665. The quantitative estimate of drug-likeness (QED) is 0.344. The van der Waals surface area contributed by atoms with Crippen LogP contribution in [0.1, 0.15) is 37.7 Å². The first-order valence-electron chi connectivity index (χ1n) is 11.4. The number of amides is 2. The lowest BCUT2D eigenvalue weighted by molar-refractivity contribution is -0.121. The van der Waals surface area contributed by atoms with Gasteiger partial charge in [0.1, 0.15) is 5.52 Å². The average Bonchev–Trinajstić information content (AvgIpc) is 3.27. The van der Waals surface area contributed by atoms with E-state index in [0.717, 1.165) is 35.2 Å². The molecule has 12 heteroatoms. The van der Waals surface area contributed by atoms with E-state index < -0.39 is 16.1 Å². The Balaban J connectivity index is 1.32. The minimum Gasteiger partial charge on any atom is -0.465 e. The van der Waals surface area contributed by atoms with E-state index in [1.807, 2.05) is 6.92 Å². The van der Waals surface area contributed by atoms with Gasteiger partial charge in [-0.1, -0.05) is 17.7 Å². The Bertz CT molecular complexity index is 1310. The summed E-state index contributed by atoms with van der Waals surface area (Å²) in [5.41, 5.74) is 6.89. The van der Waals surface area contributed by atoms with Gasteiger partial charge in [0.15, 0.2) is 11.5 Å². The number of nitrogens with zero attached hydrogens (tertiary/aromatic N) is 3. The van der Waals surface area contributed by atoms with E-state index in [4.69, 9.17) is 5.11 Å². The molecule has 0 saturated heterocycles. The van der Waals surface area contributed by atoms with Gasteiger partial charge in [0, 0.05) is 19.2 Å². The largest absolute Gasteiger partial charge is 0.465 e. The summed E-state index contributed by atoms with van der Waals surface area (Å²) in [6, 6.07) is 8.12. The second-order valence-corrected chi connectivity index (χ2v) is 10.7. The van der Waals surface area contributed by atoms with E-state index in [0.29, 0.717) is 30.2 Å². The molecule has 11 nitrogen and oxygen atoms in total. The number of hydrogen-bond acceptors (Lipinski definition) is 7. The van der Waals surface area contributed by atoms with Crippen LogP contribution in [0.5, 0.6) is 0 Å². The molecule has 3 aromatic rings. The third-order valence-electron chi connectivity index (χ3n) is 6.25.